The van der Waals surface area contributed by atoms with Gasteiger partial charge in [0, 0.05) is 17.4 Å². The number of hydrogen-bond acceptors (Lipinski definition) is 3. The molecule has 2 aromatic rings. The minimum atomic E-state index is -0.243. The Bertz CT molecular complexity index is 580. The highest BCUT2D eigenvalue weighted by atomic mass is 16.1. The summed E-state index contributed by atoms with van der Waals surface area (Å²) in [6.07, 6.45) is 1.61. The van der Waals surface area contributed by atoms with E-state index >= 15 is 0 Å². The number of pyridine rings is 1. The molecule has 0 spiro atoms. The molecular weight excluding hydrogens is 242 g/mol. The molecule has 1 heterocycles. The van der Waals surface area contributed by atoms with Crippen molar-refractivity contribution in [2.75, 3.05) is 10.6 Å². The van der Waals surface area contributed by atoms with Crippen LogP contribution in [0.5, 0.6) is 0 Å². The summed E-state index contributed by atoms with van der Waals surface area (Å²) < 4.78 is 0. The van der Waals surface area contributed by atoms with E-state index in [9.17, 15) is 4.79 Å². The van der Waals surface area contributed by atoms with E-state index in [-0.39, 0.29) is 11.9 Å². The first-order valence-electron chi connectivity index (χ1n) is 5.58. The average molecular weight is 255 g/mol. The highest BCUT2D eigenvalue weighted by Gasteiger charge is 2.06. The Balaban J connectivity index is 2.05. The van der Waals surface area contributed by atoms with E-state index < -0.39 is 0 Å². The highest BCUT2D eigenvalue weighted by Crippen LogP contribution is 2.11. The zero-order valence-electron chi connectivity index (χ0n) is 10.1. The van der Waals surface area contributed by atoms with Crippen molar-refractivity contribution in [2.24, 2.45) is 5.73 Å². The Morgan fingerprint density at radius 2 is 1.84 bits per heavy atom. The van der Waals surface area contributed by atoms with Gasteiger partial charge in [0.1, 0.15) is 5.82 Å². The van der Waals surface area contributed by atoms with Gasteiger partial charge >= 0.3 is 0 Å². The van der Waals surface area contributed by atoms with E-state index in [1.807, 2.05) is 0 Å². The predicted octanol–water partition coefficient (Wildman–Crippen LogP) is 1.64. The van der Waals surface area contributed by atoms with Crippen LogP contribution in [-0.2, 0) is 0 Å². The van der Waals surface area contributed by atoms with Crippen molar-refractivity contribution in [3.05, 3.63) is 54.2 Å². The van der Waals surface area contributed by atoms with Gasteiger partial charge in [-0.3, -0.25) is 10.2 Å². The van der Waals surface area contributed by atoms with Crippen LogP contribution in [0.15, 0.2) is 48.7 Å². The van der Waals surface area contributed by atoms with Gasteiger partial charge in [-0.25, -0.2) is 4.98 Å². The molecule has 0 bridgehead atoms. The van der Waals surface area contributed by atoms with Gasteiger partial charge in [0.2, 0.25) is 0 Å². The van der Waals surface area contributed by atoms with Crippen molar-refractivity contribution in [2.45, 2.75) is 0 Å². The number of nitrogens with zero attached hydrogens (tertiary/aromatic N) is 1. The van der Waals surface area contributed by atoms with Crippen LogP contribution in [0.25, 0.3) is 0 Å². The summed E-state index contributed by atoms with van der Waals surface area (Å²) in [6, 6.07) is 11.9. The number of nitrogens with one attached hydrogen (secondary N) is 3. The number of guanidine groups is 1. The molecule has 96 valence electrons. The molecule has 2 rings (SSSR count). The van der Waals surface area contributed by atoms with Crippen LogP contribution >= 0.6 is 0 Å². The van der Waals surface area contributed by atoms with E-state index in [2.05, 4.69) is 15.6 Å². The topological polar surface area (TPSA) is 104 Å². The number of nitrogens with two attached hydrogens (primary N) is 1. The fourth-order valence-electron chi connectivity index (χ4n) is 1.49. The molecule has 0 aliphatic carbocycles. The second kappa shape index (κ2) is 5.63. The van der Waals surface area contributed by atoms with Gasteiger partial charge in [-0.15, -0.1) is 0 Å². The second-order valence-electron chi connectivity index (χ2n) is 3.79. The number of aromatic nitrogens is 1. The molecule has 19 heavy (non-hydrogen) atoms. The summed E-state index contributed by atoms with van der Waals surface area (Å²) in [5.74, 6) is 0.109. The molecule has 5 N–H and O–H groups in total. The lowest BCUT2D eigenvalue weighted by Gasteiger charge is -2.06. The number of amides is 1. The molecule has 0 aliphatic rings. The Morgan fingerprint density at radius 1 is 1.11 bits per heavy atom. The third kappa shape index (κ3) is 3.53. The van der Waals surface area contributed by atoms with Crippen LogP contribution in [-0.4, -0.2) is 16.9 Å². The summed E-state index contributed by atoms with van der Waals surface area (Å²) in [6.45, 7) is 0. The number of benzene rings is 1. The first-order valence-corrected chi connectivity index (χ1v) is 5.58. The van der Waals surface area contributed by atoms with Gasteiger partial charge < -0.3 is 16.4 Å². The fraction of sp³-hybridized carbons (Fsp3) is 0. The minimum absolute atomic E-state index is 0.148. The summed E-state index contributed by atoms with van der Waals surface area (Å²) in [5, 5.41) is 12.4. The van der Waals surface area contributed by atoms with Crippen molar-refractivity contribution >= 4 is 23.4 Å². The van der Waals surface area contributed by atoms with Crippen LogP contribution < -0.4 is 16.4 Å². The molecule has 1 aromatic carbocycles. The van der Waals surface area contributed by atoms with E-state index in [0.717, 1.165) is 0 Å². The van der Waals surface area contributed by atoms with E-state index in [1.165, 1.54) is 0 Å². The SMILES string of the molecule is N=C(N)Nc1ccc(C(=O)Nc2ccccn2)cc1. The van der Waals surface area contributed by atoms with E-state index in [4.69, 9.17) is 11.1 Å². The zero-order chi connectivity index (χ0) is 13.7. The number of rotatable bonds is 3. The standard InChI is InChI=1S/C13H13N5O/c14-13(15)17-10-6-4-9(5-7-10)12(19)18-11-3-1-2-8-16-11/h1-8H,(H4,14,15,17)(H,16,18,19). The molecule has 0 unspecified atom stereocenters. The molecule has 6 nitrogen and oxygen atoms in total. The van der Waals surface area contributed by atoms with Crippen molar-refractivity contribution < 1.29 is 4.79 Å². The summed E-state index contributed by atoms with van der Waals surface area (Å²) in [7, 11) is 0. The summed E-state index contributed by atoms with van der Waals surface area (Å²) >= 11 is 0. The highest BCUT2D eigenvalue weighted by molar-refractivity contribution is 6.04. The van der Waals surface area contributed by atoms with Crippen LogP contribution in [0.4, 0.5) is 11.5 Å². The Morgan fingerprint density at radius 3 is 2.42 bits per heavy atom. The van der Waals surface area contributed by atoms with Crippen LogP contribution in [0.1, 0.15) is 10.4 Å². The molecule has 6 heteroatoms. The van der Waals surface area contributed by atoms with Gasteiger partial charge in [0.15, 0.2) is 5.96 Å². The maximum Gasteiger partial charge on any atom is 0.256 e. The quantitative estimate of drug-likeness (QED) is 0.494. The summed E-state index contributed by atoms with van der Waals surface area (Å²) in [5.41, 5.74) is 6.36. The maximum atomic E-state index is 11.9. The fourth-order valence-corrected chi connectivity index (χ4v) is 1.49. The van der Waals surface area contributed by atoms with E-state index in [1.54, 1.807) is 48.7 Å². The molecule has 0 saturated carbocycles. The summed E-state index contributed by atoms with van der Waals surface area (Å²) in [4.78, 5) is 15.9. The van der Waals surface area contributed by atoms with Crippen LogP contribution in [0, 0.1) is 5.41 Å². The third-order valence-corrected chi connectivity index (χ3v) is 2.33. The molecule has 0 radical (unpaired) electrons. The lowest BCUT2D eigenvalue weighted by atomic mass is 10.2. The third-order valence-electron chi connectivity index (χ3n) is 2.33. The molecule has 0 aliphatic heterocycles. The smallest absolute Gasteiger partial charge is 0.256 e. The number of carbonyl (C=O) groups excluding carboxylic acids is 1. The van der Waals surface area contributed by atoms with Gasteiger partial charge in [-0.1, -0.05) is 6.07 Å². The van der Waals surface area contributed by atoms with Gasteiger partial charge in [0.25, 0.3) is 5.91 Å². The molecular formula is C13H13N5O. The van der Waals surface area contributed by atoms with Crippen molar-refractivity contribution in [1.29, 1.82) is 5.41 Å². The van der Waals surface area contributed by atoms with Crippen molar-refractivity contribution in [3.8, 4) is 0 Å². The predicted molar refractivity (Wildman–Crippen MR) is 74.2 cm³/mol. The Labute approximate surface area is 110 Å². The number of carbonyl (C=O) groups is 1. The van der Waals surface area contributed by atoms with Crippen LogP contribution in [0.3, 0.4) is 0 Å². The number of hydrogen-bond donors (Lipinski definition) is 4. The van der Waals surface area contributed by atoms with Crippen LogP contribution in [0.2, 0.25) is 0 Å². The molecule has 1 amide bonds. The van der Waals surface area contributed by atoms with Crippen molar-refractivity contribution in [1.82, 2.24) is 4.98 Å². The Kier molecular flexibility index (Phi) is 3.72. The molecule has 0 fully saturated rings. The van der Waals surface area contributed by atoms with Gasteiger partial charge in [-0.2, -0.15) is 0 Å². The number of anilines is 2. The lowest BCUT2D eigenvalue weighted by Crippen LogP contribution is -2.20. The second-order valence-corrected chi connectivity index (χ2v) is 3.79. The normalized spacial score (nSPS) is 9.68. The largest absolute Gasteiger partial charge is 0.370 e. The molecule has 0 saturated heterocycles. The molecule has 1 aromatic heterocycles. The van der Waals surface area contributed by atoms with Gasteiger partial charge in [-0.05, 0) is 36.4 Å². The van der Waals surface area contributed by atoms with Gasteiger partial charge in [0.05, 0.1) is 0 Å². The average Bonchev–Trinajstić information content (AvgIpc) is 2.40. The first kappa shape index (κ1) is 12.6. The zero-order valence-corrected chi connectivity index (χ0v) is 10.1. The first-order chi connectivity index (χ1) is 9.15. The van der Waals surface area contributed by atoms with E-state index in [0.29, 0.717) is 17.1 Å². The lowest BCUT2D eigenvalue weighted by molar-refractivity contribution is 0.102. The Hall–Kier alpha value is -2.89. The van der Waals surface area contributed by atoms with Crippen molar-refractivity contribution in [3.63, 3.8) is 0 Å². The molecule has 0 atom stereocenters. The monoisotopic (exact) mass is 255 g/mol. The minimum Gasteiger partial charge on any atom is -0.370 e. The maximum absolute atomic E-state index is 11.9.